The van der Waals surface area contributed by atoms with E-state index in [1.807, 2.05) is 0 Å². The first-order valence-corrected chi connectivity index (χ1v) is 5.17. The second-order valence-electron chi connectivity index (χ2n) is 4.49. The third-order valence-electron chi connectivity index (χ3n) is 3.59. The fourth-order valence-corrected chi connectivity index (χ4v) is 2.63. The number of likely N-dealkylation sites (tertiary alicyclic amines) is 1. The third-order valence-corrected chi connectivity index (χ3v) is 3.59. The number of nitrogens with one attached hydrogen (secondary N) is 1. The number of nitrogens with zero attached hydrogens (tertiary/aromatic N) is 1. The number of rotatable bonds is 3. The van der Waals surface area contributed by atoms with E-state index in [2.05, 4.69) is 24.3 Å². The van der Waals surface area contributed by atoms with Crippen molar-refractivity contribution < 1.29 is 0 Å². The highest BCUT2D eigenvalue weighted by atomic mass is 15.2. The Labute approximate surface area is 75.3 Å². The first-order valence-electron chi connectivity index (χ1n) is 5.17. The lowest BCUT2D eigenvalue weighted by atomic mass is 9.73. The van der Waals surface area contributed by atoms with Crippen LogP contribution in [0.2, 0.25) is 0 Å². The smallest absolute Gasteiger partial charge is 0.0145 e. The van der Waals surface area contributed by atoms with Gasteiger partial charge in [0.2, 0.25) is 0 Å². The normalized spacial score (nSPS) is 29.5. The Balaban J connectivity index is 1.81. The molecule has 1 aliphatic heterocycles. The van der Waals surface area contributed by atoms with Crippen LogP contribution in [0.15, 0.2) is 0 Å². The Bertz CT molecular complexity index is 148. The van der Waals surface area contributed by atoms with Gasteiger partial charge in [0.15, 0.2) is 0 Å². The molecule has 2 aliphatic rings. The van der Waals surface area contributed by atoms with Crippen LogP contribution in [0.4, 0.5) is 0 Å². The molecule has 0 aromatic heterocycles. The molecule has 2 fully saturated rings. The van der Waals surface area contributed by atoms with Gasteiger partial charge >= 0.3 is 0 Å². The van der Waals surface area contributed by atoms with Crippen molar-refractivity contribution in [2.75, 3.05) is 27.2 Å². The Kier molecular flexibility index (Phi) is 2.37. The van der Waals surface area contributed by atoms with E-state index < -0.39 is 0 Å². The van der Waals surface area contributed by atoms with Gasteiger partial charge in [-0.25, -0.2) is 0 Å². The summed E-state index contributed by atoms with van der Waals surface area (Å²) in [5.74, 6) is 1.93. The minimum atomic E-state index is 0.815. The Morgan fingerprint density at radius 1 is 1.25 bits per heavy atom. The van der Waals surface area contributed by atoms with E-state index in [4.69, 9.17) is 0 Å². The summed E-state index contributed by atoms with van der Waals surface area (Å²) in [4.78, 5) is 2.41. The molecule has 1 saturated carbocycles. The van der Waals surface area contributed by atoms with Crippen LogP contribution in [0.5, 0.6) is 0 Å². The van der Waals surface area contributed by atoms with Crippen molar-refractivity contribution >= 4 is 0 Å². The molecule has 2 heteroatoms. The van der Waals surface area contributed by atoms with Crippen LogP contribution >= 0.6 is 0 Å². The fourth-order valence-electron chi connectivity index (χ4n) is 2.63. The van der Waals surface area contributed by atoms with E-state index in [0.29, 0.717) is 0 Å². The number of hydrogen-bond donors (Lipinski definition) is 1. The summed E-state index contributed by atoms with van der Waals surface area (Å²) in [6, 6.07) is 0.815. The van der Waals surface area contributed by atoms with Crippen LogP contribution in [0.1, 0.15) is 19.3 Å². The summed E-state index contributed by atoms with van der Waals surface area (Å²) in [6.45, 7) is 2.62. The predicted molar refractivity (Wildman–Crippen MR) is 51.2 cm³/mol. The van der Waals surface area contributed by atoms with E-state index in [1.165, 1.54) is 32.4 Å². The highest BCUT2D eigenvalue weighted by Gasteiger charge is 2.37. The molecule has 1 aliphatic carbocycles. The summed E-state index contributed by atoms with van der Waals surface area (Å²) >= 11 is 0. The number of hydrogen-bond acceptors (Lipinski definition) is 2. The average molecular weight is 168 g/mol. The molecule has 1 atom stereocenters. The molecule has 12 heavy (non-hydrogen) atoms. The van der Waals surface area contributed by atoms with Gasteiger partial charge in [0.25, 0.3) is 0 Å². The van der Waals surface area contributed by atoms with Crippen LogP contribution in [-0.4, -0.2) is 38.1 Å². The first kappa shape index (κ1) is 8.52. The van der Waals surface area contributed by atoms with Crippen molar-refractivity contribution in [1.82, 2.24) is 10.2 Å². The Hall–Kier alpha value is -0.0800. The monoisotopic (exact) mass is 168 g/mol. The quantitative estimate of drug-likeness (QED) is 0.674. The van der Waals surface area contributed by atoms with Gasteiger partial charge in [-0.15, -0.1) is 0 Å². The summed E-state index contributed by atoms with van der Waals surface area (Å²) in [7, 11) is 4.34. The minimum Gasteiger partial charge on any atom is -0.316 e. The Morgan fingerprint density at radius 3 is 2.25 bits per heavy atom. The third kappa shape index (κ3) is 1.38. The SMILES string of the molecule is CNC(C1CCC1)C1CN(C)C1. The van der Waals surface area contributed by atoms with E-state index in [9.17, 15) is 0 Å². The molecular formula is C10H20N2. The van der Waals surface area contributed by atoms with Crippen molar-refractivity contribution in [2.24, 2.45) is 11.8 Å². The largest absolute Gasteiger partial charge is 0.316 e. The van der Waals surface area contributed by atoms with Crippen molar-refractivity contribution in [2.45, 2.75) is 25.3 Å². The van der Waals surface area contributed by atoms with E-state index >= 15 is 0 Å². The van der Waals surface area contributed by atoms with Crippen molar-refractivity contribution in [3.05, 3.63) is 0 Å². The van der Waals surface area contributed by atoms with Gasteiger partial charge in [0.05, 0.1) is 0 Å². The molecule has 0 aromatic carbocycles. The topological polar surface area (TPSA) is 15.3 Å². The van der Waals surface area contributed by atoms with Gasteiger partial charge in [-0.1, -0.05) is 6.42 Å². The van der Waals surface area contributed by atoms with Crippen LogP contribution in [0, 0.1) is 11.8 Å². The highest BCUT2D eigenvalue weighted by Crippen LogP contribution is 2.34. The maximum atomic E-state index is 3.50. The van der Waals surface area contributed by atoms with E-state index in [1.54, 1.807) is 0 Å². The maximum absolute atomic E-state index is 3.50. The highest BCUT2D eigenvalue weighted by molar-refractivity contribution is 4.93. The fraction of sp³-hybridized carbons (Fsp3) is 1.00. The molecule has 0 spiro atoms. The molecular weight excluding hydrogens is 148 g/mol. The standard InChI is InChI=1S/C10H20N2/c1-11-10(8-4-3-5-8)9-6-12(2)7-9/h8-11H,3-7H2,1-2H3. The summed E-state index contributed by atoms with van der Waals surface area (Å²) in [5, 5.41) is 3.50. The van der Waals surface area contributed by atoms with Gasteiger partial charge in [-0.2, -0.15) is 0 Å². The second-order valence-corrected chi connectivity index (χ2v) is 4.49. The average Bonchev–Trinajstić information content (AvgIpc) is 1.90. The van der Waals surface area contributed by atoms with Crippen LogP contribution in [0.25, 0.3) is 0 Å². The van der Waals surface area contributed by atoms with Gasteiger partial charge in [-0.3, -0.25) is 0 Å². The van der Waals surface area contributed by atoms with Crippen LogP contribution in [-0.2, 0) is 0 Å². The van der Waals surface area contributed by atoms with Crippen molar-refractivity contribution in [3.63, 3.8) is 0 Å². The second kappa shape index (κ2) is 3.35. The van der Waals surface area contributed by atoms with Gasteiger partial charge in [0.1, 0.15) is 0 Å². The van der Waals surface area contributed by atoms with Crippen LogP contribution in [0.3, 0.4) is 0 Å². The molecule has 1 N–H and O–H groups in total. The van der Waals surface area contributed by atoms with E-state index in [0.717, 1.165) is 17.9 Å². The zero-order valence-electron chi connectivity index (χ0n) is 8.21. The van der Waals surface area contributed by atoms with Gasteiger partial charge in [0, 0.05) is 19.1 Å². The molecule has 1 saturated heterocycles. The zero-order valence-corrected chi connectivity index (χ0v) is 8.21. The molecule has 2 nitrogen and oxygen atoms in total. The molecule has 0 radical (unpaired) electrons. The first-order chi connectivity index (χ1) is 5.81. The van der Waals surface area contributed by atoms with E-state index in [-0.39, 0.29) is 0 Å². The summed E-state index contributed by atoms with van der Waals surface area (Å²) in [5.41, 5.74) is 0. The molecule has 0 bridgehead atoms. The molecule has 1 unspecified atom stereocenters. The minimum absolute atomic E-state index is 0.815. The Morgan fingerprint density at radius 2 is 1.92 bits per heavy atom. The lowest BCUT2D eigenvalue weighted by Crippen LogP contribution is -2.56. The predicted octanol–water partition coefficient (Wildman–Crippen LogP) is 0.936. The van der Waals surface area contributed by atoms with Gasteiger partial charge in [-0.05, 0) is 38.8 Å². The van der Waals surface area contributed by atoms with Gasteiger partial charge < -0.3 is 10.2 Å². The summed E-state index contributed by atoms with van der Waals surface area (Å²) in [6.07, 6.45) is 4.39. The summed E-state index contributed by atoms with van der Waals surface area (Å²) < 4.78 is 0. The molecule has 2 rings (SSSR count). The molecule has 0 aromatic rings. The van der Waals surface area contributed by atoms with Crippen molar-refractivity contribution in [1.29, 1.82) is 0 Å². The lowest BCUT2D eigenvalue weighted by Gasteiger charge is -2.46. The zero-order chi connectivity index (χ0) is 8.55. The van der Waals surface area contributed by atoms with Crippen LogP contribution < -0.4 is 5.32 Å². The lowest BCUT2D eigenvalue weighted by molar-refractivity contribution is 0.0581. The van der Waals surface area contributed by atoms with Crippen molar-refractivity contribution in [3.8, 4) is 0 Å². The maximum Gasteiger partial charge on any atom is 0.0145 e. The molecule has 0 amide bonds. The molecule has 70 valence electrons. The molecule has 1 heterocycles.